The smallest absolute Gasteiger partial charge is 0.239 e. The highest BCUT2D eigenvalue weighted by Crippen LogP contribution is 2.13. The van der Waals surface area contributed by atoms with Crippen LogP contribution in [0.25, 0.3) is 0 Å². The van der Waals surface area contributed by atoms with E-state index in [9.17, 15) is 4.79 Å². The van der Waals surface area contributed by atoms with E-state index in [0.717, 1.165) is 18.7 Å². The largest absolute Gasteiger partial charge is 0.374 e. The molecule has 6 heteroatoms. The summed E-state index contributed by atoms with van der Waals surface area (Å²) < 4.78 is 7.72. The minimum absolute atomic E-state index is 0.0586. The van der Waals surface area contributed by atoms with Crippen LogP contribution in [-0.4, -0.2) is 64.4 Å². The molecule has 0 radical (unpaired) electrons. The van der Waals surface area contributed by atoms with Crippen molar-refractivity contribution in [1.82, 2.24) is 19.6 Å². The maximum absolute atomic E-state index is 12.8. The lowest BCUT2D eigenvalue weighted by Crippen LogP contribution is -2.53. The van der Waals surface area contributed by atoms with Gasteiger partial charge in [0, 0.05) is 39.1 Å². The molecule has 0 aliphatic carbocycles. The fourth-order valence-corrected chi connectivity index (χ4v) is 3.23. The normalized spacial score (nSPS) is 19.5. The van der Waals surface area contributed by atoms with Crippen molar-refractivity contribution in [3.05, 3.63) is 54.4 Å². The van der Waals surface area contributed by atoms with E-state index in [1.54, 1.807) is 11.1 Å². The number of likely N-dealkylation sites (N-methyl/N-ethyl adjacent to an activating group) is 1. The summed E-state index contributed by atoms with van der Waals surface area (Å²) in [6.45, 7) is 5.50. The van der Waals surface area contributed by atoms with Crippen molar-refractivity contribution in [1.29, 1.82) is 0 Å². The van der Waals surface area contributed by atoms with Crippen LogP contribution in [0.15, 0.2) is 48.8 Å². The third-order valence-electron chi connectivity index (χ3n) is 4.66. The van der Waals surface area contributed by atoms with Gasteiger partial charge in [0.2, 0.25) is 5.91 Å². The summed E-state index contributed by atoms with van der Waals surface area (Å²) in [5.41, 5.74) is 1.14. The summed E-state index contributed by atoms with van der Waals surface area (Å²) in [4.78, 5) is 16.8. The molecule has 1 aliphatic rings. The van der Waals surface area contributed by atoms with E-state index in [-0.39, 0.29) is 18.1 Å². The first kappa shape index (κ1) is 17.6. The molecule has 6 nitrogen and oxygen atoms in total. The number of hydrogen-bond donors (Lipinski definition) is 0. The highest BCUT2D eigenvalue weighted by Gasteiger charge is 2.29. The van der Waals surface area contributed by atoms with Gasteiger partial charge in [-0.3, -0.25) is 14.4 Å². The van der Waals surface area contributed by atoms with Gasteiger partial charge in [-0.25, -0.2) is 0 Å². The molecular formula is C19H26N4O2. The van der Waals surface area contributed by atoms with Gasteiger partial charge in [-0.15, -0.1) is 0 Å². The zero-order chi connectivity index (χ0) is 17.6. The van der Waals surface area contributed by atoms with E-state index in [2.05, 4.69) is 10.00 Å². The van der Waals surface area contributed by atoms with Gasteiger partial charge < -0.3 is 9.64 Å². The lowest BCUT2D eigenvalue weighted by Gasteiger charge is -2.37. The molecule has 1 saturated heterocycles. The van der Waals surface area contributed by atoms with Crippen LogP contribution in [0.3, 0.4) is 0 Å². The van der Waals surface area contributed by atoms with Crippen LogP contribution in [0.1, 0.15) is 12.5 Å². The number of carbonyl (C=O) groups excluding carboxylic acids is 1. The molecule has 0 bridgehead atoms. The molecule has 0 spiro atoms. The molecule has 1 aromatic heterocycles. The lowest BCUT2D eigenvalue weighted by molar-refractivity contribution is -0.139. The summed E-state index contributed by atoms with van der Waals surface area (Å²) in [6, 6.07) is 11.8. The quantitative estimate of drug-likeness (QED) is 0.801. The van der Waals surface area contributed by atoms with Crippen LogP contribution in [0.4, 0.5) is 0 Å². The number of carbonyl (C=O) groups is 1. The second-order valence-electron chi connectivity index (χ2n) is 6.57. The Morgan fingerprint density at radius 3 is 2.88 bits per heavy atom. The Morgan fingerprint density at radius 2 is 2.16 bits per heavy atom. The summed E-state index contributed by atoms with van der Waals surface area (Å²) in [7, 11) is 1.87. The van der Waals surface area contributed by atoms with Gasteiger partial charge in [0.05, 0.1) is 25.3 Å². The van der Waals surface area contributed by atoms with Crippen molar-refractivity contribution in [2.75, 3.05) is 26.7 Å². The first-order chi connectivity index (χ1) is 12.1. The Balaban J connectivity index is 1.55. The standard InChI is InChI=1S/C19H26N4O2/c1-16(19(24)21(2)13-17-7-4-3-5-8-17)22-11-12-25-18(14-22)15-23-10-6-9-20-23/h3-10,16,18H,11-15H2,1-2H3/t16-,18-/m0/s1. The Morgan fingerprint density at radius 1 is 1.36 bits per heavy atom. The van der Waals surface area contributed by atoms with Crippen LogP contribution < -0.4 is 0 Å². The minimum atomic E-state index is -0.155. The van der Waals surface area contributed by atoms with Crippen molar-refractivity contribution in [3.63, 3.8) is 0 Å². The van der Waals surface area contributed by atoms with Crippen LogP contribution >= 0.6 is 0 Å². The molecule has 2 atom stereocenters. The minimum Gasteiger partial charge on any atom is -0.374 e. The molecule has 2 heterocycles. The highest BCUT2D eigenvalue weighted by molar-refractivity contribution is 5.81. The van der Waals surface area contributed by atoms with Gasteiger partial charge in [-0.2, -0.15) is 5.10 Å². The van der Waals surface area contributed by atoms with E-state index in [0.29, 0.717) is 19.7 Å². The topological polar surface area (TPSA) is 50.6 Å². The Bertz CT molecular complexity index is 659. The van der Waals surface area contributed by atoms with Gasteiger partial charge in [0.1, 0.15) is 0 Å². The van der Waals surface area contributed by atoms with Crippen molar-refractivity contribution in [2.24, 2.45) is 0 Å². The van der Waals surface area contributed by atoms with E-state index in [4.69, 9.17) is 4.74 Å². The van der Waals surface area contributed by atoms with Gasteiger partial charge >= 0.3 is 0 Å². The average molecular weight is 342 g/mol. The maximum Gasteiger partial charge on any atom is 0.239 e. The fraction of sp³-hybridized carbons (Fsp3) is 0.474. The van der Waals surface area contributed by atoms with Gasteiger partial charge in [-0.05, 0) is 18.6 Å². The zero-order valence-electron chi connectivity index (χ0n) is 14.9. The van der Waals surface area contributed by atoms with Crippen molar-refractivity contribution < 1.29 is 9.53 Å². The first-order valence-corrected chi connectivity index (χ1v) is 8.75. The Labute approximate surface area is 149 Å². The van der Waals surface area contributed by atoms with Gasteiger partial charge in [0.25, 0.3) is 0 Å². The van der Waals surface area contributed by atoms with Gasteiger partial charge in [-0.1, -0.05) is 30.3 Å². The van der Waals surface area contributed by atoms with Crippen LogP contribution in [0.5, 0.6) is 0 Å². The summed E-state index contributed by atoms with van der Waals surface area (Å²) in [5.74, 6) is 0.142. The zero-order valence-corrected chi connectivity index (χ0v) is 14.9. The monoisotopic (exact) mass is 342 g/mol. The second kappa shape index (κ2) is 8.27. The maximum atomic E-state index is 12.8. The first-order valence-electron chi connectivity index (χ1n) is 8.75. The second-order valence-corrected chi connectivity index (χ2v) is 6.57. The van der Waals surface area contributed by atoms with E-state index in [1.807, 2.05) is 61.2 Å². The van der Waals surface area contributed by atoms with Crippen molar-refractivity contribution in [2.45, 2.75) is 32.2 Å². The number of rotatable bonds is 6. The molecule has 1 amide bonds. The Hall–Kier alpha value is -2.18. The highest BCUT2D eigenvalue weighted by atomic mass is 16.5. The molecule has 0 N–H and O–H groups in total. The van der Waals surface area contributed by atoms with Crippen molar-refractivity contribution in [3.8, 4) is 0 Å². The summed E-state index contributed by atoms with van der Waals surface area (Å²) in [5, 5.41) is 4.23. The molecule has 1 aromatic carbocycles. The van der Waals surface area contributed by atoms with Gasteiger partial charge in [0.15, 0.2) is 0 Å². The summed E-state index contributed by atoms with van der Waals surface area (Å²) >= 11 is 0. The van der Waals surface area contributed by atoms with E-state index in [1.165, 1.54) is 0 Å². The molecule has 0 unspecified atom stereocenters. The number of amides is 1. The average Bonchev–Trinajstić information content (AvgIpc) is 3.14. The van der Waals surface area contributed by atoms with Crippen LogP contribution in [0.2, 0.25) is 0 Å². The molecule has 1 fully saturated rings. The molecule has 1 aliphatic heterocycles. The third-order valence-corrected chi connectivity index (χ3v) is 4.66. The number of morpholine rings is 1. The summed E-state index contributed by atoms with van der Waals surface area (Å²) in [6.07, 6.45) is 3.76. The number of hydrogen-bond acceptors (Lipinski definition) is 4. The van der Waals surface area contributed by atoms with Crippen LogP contribution in [0, 0.1) is 0 Å². The van der Waals surface area contributed by atoms with E-state index < -0.39 is 0 Å². The number of benzene rings is 1. The fourth-order valence-electron chi connectivity index (χ4n) is 3.23. The lowest BCUT2D eigenvalue weighted by atomic mass is 10.1. The molecule has 25 heavy (non-hydrogen) atoms. The number of aromatic nitrogens is 2. The molecule has 134 valence electrons. The van der Waals surface area contributed by atoms with E-state index >= 15 is 0 Å². The molecule has 0 saturated carbocycles. The predicted molar refractivity (Wildman–Crippen MR) is 95.9 cm³/mol. The third kappa shape index (κ3) is 4.67. The molecule has 2 aromatic rings. The molecule has 3 rings (SSSR count). The number of nitrogens with zero attached hydrogens (tertiary/aromatic N) is 4. The SMILES string of the molecule is C[C@@H](C(=O)N(C)Cc1ccccc1)N1CCO[C@H](Cn2cccn2)C1. The van der Waals surface area contributed by atoms with Crippen molar-refractivity contribution >= 4 is 5.91 Å². The number of ether oxygens (including phenoxy) is 1. The Kier molecular flexibility index (Phi) is 5.83. The predicted octanol–water partition coefficient (Wildman–Crippen LogP) is 1.63. The van der Waals surface area contributed by atoms with Crippen LogP contribution in [-0.2, 0) is 22.6 Å². The molecular weight excluding hydrogens is 316 g/mol.